The molecule has 0 saturated heterocycles. The maximum Gasteiger partial charge on any atom is 0.0733 e. The molecular weight excluding hydrogens is 567 g/mol. The van der Waals surface area contributed by atoms with Crippen molar-refractivity contribution in [3.8, 4) is 33.4 Å². The number of hydrogen-bond acceptors (Lipinski definition) is 1. The highest BCUT2D eigenvalue weighted by Crippen LogP contribution is 2.58. The Labute approximate surface area is 277 Å². The van der Waals surface area contributed by atoms with Gasteiger partial charge in [0.05, 0.1) is 5.41 Å². The van der Waals surface area contributed by atoms with Crippen molar-refractivity contribution in [3.05, 3.63) is 203 Å². The van der Waals surface area contributed by atoms with Crippen LogP contribution in [0.5, 0.6) is 0 Å². The molecule has 1 heteroatoms. The molecule has 9 rings (SSSR count). The number of fused-ring (bicyclic) bond motifs is 6. The lowest BCUT2D eigenvalue weighted by atomic mass is 9.67. The molecule has 0 amide bonds. The molecule has 7 aromatic rings. The van der Waals surface area contributed by atoms with Crippen LogP contribution in [0.2, 0.25) is 0 Å². The summed E-state index contributed by atoms with van der Waals surface area (Å²) in [6.07, 6.45) is 0. The van der Waals surface area contributed by atoms with Gasteiger partial charge in [0.25, 0.3) is 0 Å². The van der Waals surface area contributed by atoms with Gasteiger partial charge in [-0.3, -0.25) is 0 Å². The van der Waals surface area contributed by atoms with Gasteiger partial charge < -0.3 is 5.32 Å². The summed E-state index contributed by atoms with van der Waals surface area (Å²) in [5, 5.41) is 4.04. The van der Waals surface area contributed by atoms with Gasteiger partial charge in [-0.25, -0.2) is 0 Å². The molecule has 0 radical (unpaired) electrons. The first-order valence-corrected chi connectivity index (χ1v) is 16.5. The standard InChI is InChI=1S/C46H35N/c1-45(2)38-29-28-32(31-16-5-3-6-17-31)30-37(38)36-22-15-27-43(44(36)45)47-42-26-14-13-25-41(42)46(33-18-7-4-8-19-33)39-23-11-9-20-34(39)35-21-10-12-24-40(35)46/h3-30,47H,1-2H3. The quantitative estimate of drug-likeness (QED) is 0.207. The second kappa shape index (κ2) is 10.4. The number of anilines is 2. The van der Waals surface area contributed by atoms with E-state index < -0.39 is 5.41 Å². The maximum atomic E-state index is 4.04. The molecule has 2 aliphatic carbocycles. The van der Waals surface area contributed by atoms with Gasteiger partial charge >= 0.3 is 0 Å². The van der Waals surface area contributed by atoms with Crippen LogP contribution < -0.4 is 5.32 Å². The maximum absolute atomic E-state index is 4.04. The number of nitrogens with one attached hydrogen (secondary N) is 1. The largest absolute Gasteiger partial charge is 0.355 e. The summed E-state index contributed by atoms with van der Waals surface area (Å²) in [6.45, 7) is 4.73. The van der Waals surface area contributed by atoms with E-state index in [1.54, 1.807) is 0 Å². The predicted octanol–water partition coefficient (Wildman–Crippen LogP) is 11.8. The summed E-state index contributed by atoms with van der Waals surface area (Å²) in [7, 11) is 0. The Morgan fingerprint density at radius 1 is 0.383 bits per heavy atom. The number of rotatable bonds is 5. The highest BCUT2D eigenvalue weighted by atomic mass is 14.9. The fourth-order valence-corrected chi connectivity index (χ4v) is 8.56. The van der Waals surface area contributed by atoms with Crippen molar-refractivity contribution in [2.45, 2.75) is 24.7 Å². The summed E-state index contributed by atoms with van der Waals surface area (Å²) in [4.78, 5) is 0. The van der Waals surface area contributed by atoms with Crippen LogP contribution in [0, 0.1) is 0 Å². The van der Waals surface area contributed by atoms with Crippen molar-refractivity contribution in [1.29, 1.82) is 0 Å². The van der Waals surface area contributed by atoms with E-state index in [1.165, 1.54) is 66.8 Å². The molecular formula is C46H35N. The topological polar surface area (TPSA) is 12.0 Å². The first-order valence-electron chi connectivity index (χ1n) is 16.5. The Balaban J connectivity index is 1.24. The molecule has 1 N–H and O–H groups in total. The molecule has 2 aliphatic rings. The SMILES string of the molecule is CC1(C)c2ccc(-c3ccccc3)cc2-c2cccc(Nc3ccccc3C3(c4ccccc4)c4ccccc4-c4ccccc43)c21. The molecule has 0 aliphatic heterocycles. The minimum absolute atomic E-state index is 0.165. The summed E-state index contributed by atoms with van der Waals surface area (Å²) >= 11 is 0. The Morgan fingerprint density at radius 3 is 1.64 bits per heavy atom. The van der Waals surface area contributed by atoms with E-state index in [2.05, 4.69) is 189 Å². The molecule has 0 atom stereocenters. The summed E-state index contributed by atoms with van der Waals surface area (Å²) in [6, 6.07) is 62.3. The van der Waals surface area contributed by atoms with Gasteiger partial charge in [0.2, 0.25) is 0 Å². The molecule has 0 saturated carbocycles. The van der Waals surface area contributed by atoms with Crippen molar-refractivity contribution in [3.63, 3.8) is 0 Å². The predicted molar refractivity (Wildman–Crippen MR) is 196 cm³/mol. The molecule has 0 bridgehead atoms. The number of para-hydroxylation sites is 1. The van der Waals surface area contributed by atoms with E-state index in [0.29, 0.717) is 0 Å². The van der Waals surface area contributed by atoms with Crippen LogP contribution in [0.1, 0.15) is 47.2 Å². The summed E-state index contributed by atoms with van der Waals surface area (Å²) < 4.78 is 0. The average molecular weight is 602 g/mol. The zero-order valence-electron chi connectivity index (χ0n) is 26.7. The lowest BCUT2D eigenvalue weighted by molar-refractivity contribution is 0.662. The molecule has 0 unspecified atom stereocenters. The van der Waals surface area contributed by atoms with Crippen LogP contribution in [-0.2, 0) is 10.8 Å². The van der Waals surface area contributed by atoms with Crippen molar-refractivity contribution in [2.75, 3.05) is 5.32 Å². The third-order valence-electron chi connectivity index (χ3n) is 10.5. The first kappa shape index (κ1) is 27.6. The molecule has 47 heavy (non-hydrogen) atoms. The van der Waals surface area contributed by atoms with Gasteiger partial charge in [-0.2, -0.15) is 0 Å². The summed E-state index contributed by atoms with van der Waals surface area (Å²) in [5.41, 5.74) is 17.2. The lowest BCUT2D eigenvalue weighted by Crippen LogP contribution is -2.29. The number of benzene rings is 7. The normalized spacial score (nSPS) is 14.5. The molecule has 1 nitrogen and oxygen atoms in total. The van der Waals surface area contributed by atoms with Crippen molar-refractivity contribution in [1.82, 2.24) is 0 Å². The van der Waals surface area contributed by atoms with E-state index in [4.69, 9.17) is 0 Å². The van der Waals surface area contributed by atoms with Gasteiger partial charge in [-0.05, 0) is 85.0 Å². The highest BCUT2D eigenvalue weighted by Gasteiger charge is 2.47. The van der Waals surface area contributed by atoms with E-state index in [9.17, 15) is 0 Å². The third kappa shape index (κ3) is 3.96. The molecule has 0 heterocycles. The van der Waals surface area contributed by atoms with Crippen molar-refractivity contribution >= 4 is 11.4 Å². The molecule has 0 aromatic heterocycles. The highest BCUT2D eigenvalue weighted by molar-refractivity contribution is 5.91. The minimum Gasteiger partial charge on any atom is -0.355 e. The molecule has 224 valence electrons. The van der Waals surface area contributed by atoms with Crippen LogP contribution in [-0.4, -0.2) is 0 Å². The second-order valence-electron chi connectivity index (χ2n) is 13.4. The monoisotopic (exact) mass is 601 g/mol. The van der Waals surface area contributed by atoms with Gasteiger partial charge in [-0.15, -0.1) is 0 Å². The third-order valence-corrected chi connectivity index (χ3v) is 10.5. The lowest BCUT2D eigenvalue weighted by Gasteiger charge is -2.36. The smallest absolute Gasteiger partial charge is 0.0733 e. The Hall–Kier alpha value is -5.66. The fourth-order valence-electron chi connectivity index (χ4n) is 8.56. The van der Waals surface area contributed by atoms with Crippen LogP contribution >= 0.6 is 0 Å². The minimum atomic E-state index is -0.473. The summed E-state index contributed by atoms with van der Waals surface area (Å²) in [5.74, 6) is 0. The first-order chi connectivity index (χ1) is 23.1. The molecule has 0 spiro atoms. The second-order valence-corrected chi connectivity index (χ2v) is 13.4. The van der Waals surface area contributed by atoms with Crippen molar-refractivity contribution in [2.24, 2.45) is 0 Å². The fraction of sp³-hybridized carbons (Fsp3) is 0.0870. The van der Waals surface area contributed by atoms with Gasteiger partial charge in [0.1, 0.15) is 0 Å². The Morgan fingerprint density at radius 2 is 0.936 bits per heavy atom. The van der Waals surface area contributed by atoms with E-state index in [0.717, 1.165) is 11.4 Å². The van der Waals surface area contributed by atoms with Crippen LogP contribution in [0.4, 0.5) is 11.4 Å². The van der Waals surface area contributed by atoms with Gasteiger partial charge in [-0.1, -0.05) is 166 Å². The van der Waals surface area contributed by atoms with E-state index in [-0.39, 0.29) is 5.41 Å². The zero-order chi connectivity index (χ0) is 31.6. The van der Waals surface area contributed by atoms with Crippen LogP contribution in [0.15, 0.2) is 170 Å². The zero-order valence-corrected chi connectivity index (χ0v) is 26.7. The van der Waals surface area contributed by atoms with E-state index in [1.807, 2.05) is 0 Å². The van der Waals surface area contributed by atoms with Gasteiger partial charge in [0.15, 0.2) is 0 Å². The van der Waals surface area contributed by atoms with Crippen LogP contribution in [0.3, 0.4) is 0 Å². The Bertz CT molecular complexity index is 2250. The van der Waals surface area contributed by atoms with Crippen LogP contribution in [0.25, 0.3) is 33.4 Å². The van der Waals surface area contributed by atoms with Crippen molar-refractivity contribution < 1.29 is 0 Å². The number of hydrogen-bond donors (Lipinski definition) is 1. The average Bonchev–Trinajstić information content (AvgIpc) is 3.56. The molecule has 0 fully saturated rings. The van der Waals surface area contributed by atoms with E-state index >= 15 is 0 Å². The van der Waals surface area contributed by atoms with Gasteiger partial charge in [0, 0.05) is 16.8 Å². The Kier molecular flexibility index (Phi) is 6.14. The molecule has 7 aromatic carbocycles.